The smallest absolute Gasteiger partial charge is 0.321 e. The Morgan fingerprint density at radius 1 is 0.971 bits per heavy atom. The van der Waals surface area contributed by atoms with Gasteiger partial charge in [-0.25, -0.2) is 0 Å². The highest BCUT2D eigenvalue weighted by Crippen LogP contribution is 2.76. The molecule has 1 aromatic heterocycles. The molecule has 0 radical (unpaired) electrons. The minimum Gasteiger partial charge on any atom is -0.439 e. The summed E-state index contributed by atoms with van der Waals surface area (Å²) in [6.45, 7) is 10.6. The summed E-state index contributed by atoms with van der Waals surface area (Å²) in [6.07, 6.45) is 0.0741. The lowest BCUT2D eigenvalue weighted by Gasteiger charge is -2.19. The maximum absolute atomic E-state index is 13.5. The van der Waals surface area contributed by atoms with Crippen molar-refractivity contribution in [1.29, 1.82) is 5.26 Å². The first-order chi connectivity index (χ1) is 16.1. The minimum atomic E-state index is -0.941. The van der Waals surface area contributed by atoms with Gasteiger partial charge in [0, 0.05) is 18.1 Å². The molecule has 0 saturated heterocycles. The molecule has 0 aliphatic heterocycles. The van der Waals surface area contributed by atoms with Gasteiger partial charge in [0.1, 0.15) is 5.75 Å². The molecular weight excluding hydrogens is 424 g/mol. The molecule has 1 fully saturated rings. The number of rotatable bonds is 6. The normalized spacial score (nSPS) is 20.8. The van der Waals surface area contributed by atoms with E-state index in [4.69, 9.17) is 9.47 Å². The molecule has 1 aliphatic carbocycles. The molecule has 4 rings (SSSR count). The van der Waals surface area contributed by atoms with E-state index >= 15 is 0 Å². The van der Waals surface area contributed by atoms with Gasteiger partial charge in [-0.05, 0) is 34.1 Å². The third-order valence-corrected chi connectivity index (χ3v) is 6.97. The van der Waals surface area contributed by atoms with Crippen molar-refractivity contribution in [3.05, 3.63) is 83.9 Å². The van der Waals surface area contributed by atoms with Gasteiger partial charge in [-0.15, -0.1) is 0 Å². The summed E-state index contributed by atoms with van der Waals surface area (Å²) in [5.74, 6) is 0.565. The number of pyridine rings is 1. The zero-order valence-corrected chi connectivity index (χ0v) is 20.3. The van der Waals surface area contributed by atoms with Gasteiger partial charge < -0.3 is 9.47 Å². The molecule has 34 heavy (non-hydrogen) atoms. The molecule has 2 atom stereocenters. The molecule has 1 aliphatic rings. The van der Waals surface area contributed by atoms with E-state index in [1.54, 1.807) is 18.2 Å². The predicted octanol–water partition coefficient (Wildman–Crippen LogP) is 6.80. The lowest BCUT2D eigenvalue weighted by molar-refractivity contribution is -0.142. The molecule has 0 N–H and O–H groups in total. The van der Waals surface area contributed by atoms with E-state index in [2.05, 4.69) is 56.1 Å². The SMILES string of the molecule is CC(C)(C)c1ccc(C2C(C)(C)C2(CC#N)C(=O)Oc2cccc(Oc3ccccc3)n2)cc1. The number of carbonyl (C=O) groups is 1. The van der Waals surface area contributed by atoms with Crippen LogP contribution in [0.15, 0.2) is 72.8 Å². The van der Waals surface area contributed by atoms with E-state index < -0.39 is 16.8 Å². The van der Waals surface area contributed by atoms with Crippen LogP contribution in [0.2, 0.25) is 0 Å². The summed E-state index contributed by atoms with van der Waals surface area (Å²) in [5, 5.41) is 9.62. The Balaban J connectivity index is 1.58. The average Bonchev–Trinajstić information content (AvgIpc) is 3.30. The van der Waals surface area contributed by atoms with E-state index in [0.717, 1.165) is 5.56 Å². The highest BCUT2D eigenvalue weighted by atomic mass is 16.5. The Labute approximate surface area is 201 Å². The lowest BCUT2D eigenvalue weighted by atomic mass is 9.86. The van der Waals surface area contributed by atoms with E-state index in [9.17, 15) is 10.1 Å². The summed E-state index contributed by atoms with van der Waals surface area (Å²) in [7, 11) is 0. The van der Waals surface area contributed by atoms with Crippen molar-refractivity contribution in [3.8, 4) is 23.6 Å². The fourth-order valence-electron chi connectivity index (χ4n) is 4.94. The number of aromatic nitrogens is 1. The summed E-state index contributed by atoms with van der Waals surface area (Å²) < 4.78 is 11.5. The van der Waals surface area contributed by atoms with E-state index in [0.29, 0.717) is 11.6 Å². The fourth-order valence-corrected chi connectivity index (χ4v) is 4.94. The Morgan fingerprint density at radius 2 is 1.62 bits per heavy atom. The number of nitrogens with zero attached hydrogens (tertiary/aromatic N) is 2. The van der Waals surface area contributed by atoms with Gasteiger partial charge in [0.05, 0.1) is 17.9 Å². The van der Waals surface area contributed by atoms with E-state index in [-0.39, 0.29) is 23.6 Å². The van der Waals surface area contributed by atoms with Crippen LogP contribution in [0.3, 0.4) is 0 Å². The summed E-state index contributed by atoms with van der Waals surface area (Å²) in [4.78, 5) is 17.9. The molecular formula is C29H30N2O3. The number of hydrogen-bond acceptors (Lipinski definition) is 5. The topological polar surface area (TPSA) is 72.2 Å². The van der Waals surface area contributed by atoms with Gasteiger partial charge in [0.15, 0.2) is 0 Å². The summed E-state index contributed by atoms with van der Waals surface area (Å²) >= 11 is 0. The van der Waals surface area contributed by atoms with Crippen molar-refractivity contribution in [2.24, 2.45) is 10.8 Å². The molecule has 5 heteroatoms. The molecule has 2 unspecified atom stereocenters. The highest BCUT2D eigenvalue weighted by molar-refractivity contribution is 5.86. The van der Waals surface area contributed by atoms with Gasteiger partial charge in [0.2, 0.25) is 11.8 Å². The van der Waals surface area contributed by atoms with Gasteiger partial charge in [0.25, 0.3) is 0 Å². The molecule has 3 aromatic rings. The molecule has 0 amide bonds. The first-order valence-corrected chi connectivity index (χ1v) is 11.5. The molecule has 5 nitrogen and oxygen atoms in total. The number of nitriles is 1. The fraction of sp³-hybridized carbons (Fsp3) is 0.345. The first kappa shape index (κ1) is 23.5. The molecule has 1 saturated carbocycles. The number of para-hydroxylation sites is 1. The number of hydrogen-bond donors (Lipinski definition) is 0. The maximum atomic E-state index is 13.5. The van der Waals surface area contributed by atoms with Crippen molar-refractivity contribution in [1.82, 2.24) is 4.98 Å². The maximum Gasteiger partial charge on any atom is 0.321 e. The third kappa shape index (κ3) is 4.17. The van der Waals surface area contributed by atoms with Crippen LogP contribution in [0.25, 0.3) is 0 Å². The number of benzene rings is 2. The Morgan fingerprint density at radius 3 is 2.24 bits per heavy atom. The molecule has 2 aromatic carbocycles. The number of esters is 1. The van der Waals surface area contributed by atoms with Crippen LogP contribution in [0, 0.1) is 22.2 Å². The average molecular weight is 455 g/mol. The zero-order chi connectivity index (χ0) is 24.6. The van der Waals surface area contributed by atoms with Crippen LogP contribution >= 0.6 is 0 Å². The highest BCUT2D eigenvalue weighted by Gasteiger charge is 2.76. The van der Waals surface area contributed by atoms with Gasteiger partial charge in [-0.2, -0.15) is 10.2 Å². The van der Waals surface area contributed by atoms with Crippen LogP contribution in [0.5, 0.6) is 17.5 Å². The number of carbonyl (C=O) groups excluding carboxylic acids is 1. The van der Waals surface area contributed by atoms with Crippen LogP contribution in [0.4, 0.5) is 0 Å². The van der Waals surface area contributed by atoms with Crippen LogP contribution < -0.4 is 9.47 Å². The second kappa shape index (κ2) is 8.61. The monoisotopic (exact) mass is 454 g/mol. The summed E-state index contributed by atoms with van der Waals surface area (Å²) in [5.41, 5.74) is 0.935. The molecule has 0 spiro atoms. The molecule has 1 heterocycles. The van der Waals surface area contributed by atoms with Gasteiger partial charge >= 0.3 is 5.97 Å². The van der Waals surface area contributed by atoms with Crippen molar-refractivity contribution in [2.45, 2.75) is 52.4 Å². The van der Waals surface area contributed by atoms with Crippen molar-refractivity contribution in [2.75, 3.05) is 0 Å². The van der Waals surface area contributed by atoms with Gasteiger partial charge in [-0.3, -0.25) is 4.79 Å². The summed E-state index contributed by atoms with van der Waals surface area (Å²) in [6, 6.07) is 24.9. The first-order valence-electron chi connectivity index (χ1n) is 11.5. The largest absolute Gasteiger partial charge is 0.439 e. The lowest BCUT2D eigenvalue weighted by Crippen LogP contribution is -2.27. The Kier molecular flexibility index (Phi) is 5.95. The Hall–Kier alpha value is -3.65. The zero-order valence-electron chi connectivity index (χ0n) is 20.3. The van der Waals surface area contributed by atoms with Crippen molar-refractivity contribution in [3.63, 3.8) is 0 Å². The van der Waals surface area contributed by atoms with Crippen LogP contribution in [0.1, 0.15) is 58.1 Å². The van der Waals surface area contributed by atoms with Crippen molar-refractivity contribution >= 4 is 5.97 Å². The van der Waals surface area contributed by atoms with Crippen molar-refractivity contribution < 1.29 is 14.3 Å². The molecule has 174 valence electrons. The third-order valence-electron chi connectivity index (χ3n) is 6.97. The standard InChI is InChI=1S/C29H30N2O3/c1-27(2,3)21-16-14-20(15-17-21)25-28(4,5)29(25,18-19-30)26(32)34-24-13-9-12-23(31-24)33-22-10-7-6-8-11-22/h6-17,25H,18H2,1-5H3. The second-order valence-electron chi connectivity index (χ2n) is 10.5. The van der Waals surface area contributed by atoms with E-state index in [1.807, 2.05) is 44.2 Å². The second-order valence-corrected chi connectivity index (χ2v) is 10.5. The molecule has 0 bridgehead atoms. The minimum absolute atomic E-state index is 0.0405. The quantitative estimate of drug-likeness (QED) is 0.383. The van der Waals surface area contributed by atoms with Crippen LogP contribution in [-0.4, -0.2) is 11.0 Å². The Bertz CT molecular complexity index is 1220. The predicted molar refractivity (Wildman–Crippen MR) is 131 cm³/mol. The van der Waals surface area contributed by atoms with Crippen LogP contribution in [-0.2, 0) is 10.2 Å². The van der Waals surface area contributed by atoms with Gasteiger partial charge in [-0.1, -0.05) is 83.1 Å². The number of ether oxygens (including phenoxy) is 2. The van der Waals surface area contributed by atoms with E-state index in [1.165, 1.54) is 5.56 Å².